The van der Waals surface area contributed by atoms with Crippen LogP contribution < -0.4 is 5.32 Å². The Morgan fingerprint density at radius 3 is 2.61 bits per heavy atom. The highest BCUT2D eigenvalue weighted by molar-refractivity contribution is 6.30. The number of hydrogen-bond acceptors (Lipinski definition) is 6. The zero-order chi connectivity index (χ0) is 20.3. The highest BCUT2D eigenvalue weighted by Gasteiger charge is 2.20. The molecule has 1 aromatic carbocycles. The van der Waals surface area contributed by atoms with Gasteiger partial charge in [0.1, 0.15) is 23.0 Å². The minimum absolute atomic E-state index is 0.292. The van der Waals surface area contributed by atoms with Gasteiger partial charge in [0.2, 0.25) is 0 Å². The van der Waals surface area contributed by atoms with Gasteiger partial charge in [-0.3, -0.25) is 4.68 Å². The molecule has 0 bridgehead atoms. The summed E-state index contributed by atoms with van der Waals surface area (Å²) in [4.78, 5) is 21.3. The van der Waals surface area contributed by atoms with Crippen molar-refractivity contribution in [1.82, 2.24) is 19.7 Å². The standard InChI is InChI=1S/C20H22ClN5O2/c1-5-28-20(27)17-11-22-26(4)19(17)25-18-16(12(2)23-13(3)24-18)10-14-6-8-15(21)9-7-14/h6-9,11H,5,10H2,1-4H3,(H,23,24,25). The van der Waals surface area contributed by atoms with Crippen LogP contribution in [0.2, 0.25) is 5.02 Å². The number of benzene rings is 1. The lowest BCUT2D eigenvalue weighted by Crippen LogP contribution is -2.12. The number of nitrogens with one attached hydrogen (secondary N) is 1. The number of ether oxygens (including phenoxy) is 1. The van der Waals surface area contributed by atoms with E-state index in [1.165, 1.54) is 6.20 Å². The van der Waals surface area contributed by atoms with E-state index in [1.54, 1.807) is 18.7 Å². The van der Waals surface area contributed by atoms with Crippen molar-refractivity contribution in [1.29, 1.82) is 0 Å². The van der Waals surface area contributed by atoms with Gasteiger partial charge in [0, 0.05) is 29.7 Å². The second kappa shape index (κ2) is 8.39. The largest absolute Gasteiger partial charge is 0.462 e. The van der Waals surface area contributed by atoms with Crippen LogP contribution in [-0.2, 0) is 18.2 Å². The first kappa shape index (κ1) is 19.8. The molecule has 3 aromatic rings. The predicted molar refractivity (Wildman–Crippen MR) is 108 cm³/mol. The number of anilines is 2. The third-order valence-electron chi connectivity index (χ3n) is 4.29. The lowest BCUT2D eigenvalue weighted by Gasteiger charge is -2.15. The first-order chi connectivity index (χ1) is 13.4. The Hall–Kier alpha value is -2.93. The Morgan fingerprint density at radius 2 is 1.93 bits per heavy atom. The molecule has 28 heavy (non-hydrogen) atoms. The average Bonchev–Trinajstić information content (AvgIpc) is 3.00. The number of hydrogen-bond donors (Lipinski definition) is 1. The predicted octanol–water partition coefficient (Wildman–Crippen LogP) is 3.99. The minimum atomic E-state index is -0.431. The van der Waals surface area contributed by atoms with Gasteiger partial charge in [0.15, 0.2) is 0 Å². The van der Waals surface area contributed by atoms with Gasteiger partial charge < -0.3 is 10.1 Å². The fraction of sp³-hybridized carbons (Fsp3) is 0.300. The molecule has 0 fully saturated rings. The summed E-state index contributed by atoms with van der Waals surface area (Å²) in [5.41, 5.74) is 3.24. The van der Waals surface area contributed by atoms with Crippen molar-refractivity contribution in [2.75, 3.05) is 11.9 Å². The van der Waals surface area contributed by atoms with Gasteiger partial charge in [0.05, 0.1) is 12.8 Å². The third-order valence-corrected chi connectivity index (χ3v) is 4.54. The van der Waals surface area contributed by atoms with Crippen LogP contribution >= 0.6 is 11.6 Å². The zero-order valence-electron chi connectivity index (χ0n) is 16.3. The second-order valence-corrected chi connectivity index (χ2v) is 6.80. The summed E-state index contributed by atoms with van der Waals surface area (Å²) in [6.07, 6.45) is 2.11. The maximum absolute atomic E-state index is 12.2. The third kappa shape index (κ3) is 4.31. The van der Waals surface area contributed by atoms with Crippen LogP contribution in [0.25, 0.3) is 0 Å². The summed E-state index contributed by atoms with van der Waals surface area (Å²) in [5.74, 6) is 1.36. The van der Waals surface area contributed by atoms with Gasteiger partial charge in [-0.15, -0.1) is 0 Å². The highest BCUT2D eigenvalue weighted by Crippen LogP contribution is 2.26. The second-order valence-electron chi connectivity index (χ2n) is 6.36. The summed E-state index contributed by atoms with van der Waals surface area (Å²) in [7, 11) is 1.75. The number of aryl methyl sites for hydroxylation is 3. The topological polar surface area (TPSA) is 81.9 Å². The molecule has 0 aliphatic carbocycles. The average molecular weight is 400 g/mol. The van der Waals surface area contributed by atoms with Gasteiger partial charge >= 0.3 is 5.97 Å². The maximum Gasteiger partial charge on any atom is 0.343 e. The molecule has 2 heterocycles. The molecule has 0 unspecified atom stereocenters. The van der Waals surface area contributed by atoms with E-state index >= 15 is 0 Å². The first-order valence-electron chi connectivity index (χ1n) is 8.93. The molecular formula is C20H22ClN5O2. The lowest BCUT2D eigenvalue weighted by atomic mass is 10.0. The Balaban J connectivity index is 2.00. The summed E-state index contributed by atoms with van der Waals surface area (Å²) >= 11 is 5.99. The molecule has 0 saturated carbocycles. The number of nitrogens with zero attached hydrogens (tertiary/aromatic N) is 4. The molecule has 7 nitrogen and oxygen atoms in total. The normalized spacial score (nSPS) is 10.8. The summed E-state index contributed by atoms with van der Waals surface area (Å²) in [6.45, 7) is 5.84. The SMILES string of the molecule is CCOC(=O)c1cnn(C)c1Nc1nc(C)nc(C)c1Cc1ccc(Cl)cc1. The Kier molecular flexibility index (Phi) is 5.94. The molecule has 0 aliphatic heterocycles. The van der Waals surface area contributed by atoms with Gasteiger partial charge in [0.25, 0.3) is 0 Å². The number of carbonyl (C=O) groups is 1. The van der Waals surface area contributed by atoms with Crippen molar-refractivity contribution in [2.24, 2.45) is 7.05 Å². The van der Waals surface area contributed by atoms with Crippen LogP contribution in [0.1, 0.15) is 39.9 Å². The lowest BCUT2D eigenvalue weighted by molar-refractivity contribution is 0.0527. The molecule has 2 aromatic heterocycles. The van der Waals surface area contributed by atoms with Crippen molar-refractivity contribution in [3.63, 3.8) is 0 Å². The van der Waals surface area contributed by atoms with E-state index in [1.807, 2.05) is 38.1 Å². The van der Waals surface area contributed by atoms with Crippen LogP contribution in [0.15, 0.2) is 30.5 Å². The molecule has 8 heteroatoms. The molecule has 3 rings (SSSR count). The van der Waals surface area contributed by atoms with Crippen molar-refractivity contribution in [3.05, 3.63) is 63.7 Å². The number of halogens is 1. The highest BCUT2D eigenvalue weighted by atomic mass is 35.5. The van der Waals surface area contributed by atoms with E-state index < -0.39 is 5.97 Å². The number of esters is 1. The van der Waals surface area contributed by atoms with Crippen LogP contribution in [-0.4, -0.2) is 32.3 Å². The van der Waals surface area contributed by atoms with Crippen molar-refractivity contribution in [2.45, 2.75) is 27.2 Å². The quantitative estimate of drug-likeness (QED) is 0.631. The van der Waals surface area contributed by atoms with Gasteiger partial charge in [-0.2, -0.15) is 5.10 Å². The monoisotopic (exact) mass is 399 g/mol. The molecule has 1 N–H and O–H groups in total. The Bertz CT molecular complexity index is 999. The van der Waals surface area contributed by atoms with E-state index in [-0.39, 0.29) is 0 Å². The minimum Gasteiger partial charge on any atom is -0.462 e. The Labute approximate surface area is 168 Å². The van der Waals surface area contributed by atoms with Crippen LogP contribution in [0.4, 0.5) is 11.6 Å². The number of rotatable bonds is 6. The van der Waals surface area contributed by atoms with Crippen LogP contribution in [0.5, 0.6) is 0 Å². The van der Waals surface area contributed by atoms with Gasteiger partial charge in [-0.1, -0.05) is 23.7 Å². The molecule has 0 atom stereocenters. The molecule has 0 amide bonds. The summed E-state index contributed by atoms with van der Waals surface area (Å²) in [6, 6.07) is 7.65. The molecule has 0 aliphatic rings. The van der Waals surface area contributed by atoms with Gasteiger partial charge in [-0.25, -0.2) is 14.8 Å². The van der Waals surface area contributed by atoms with E-state index in [0.29, 0.717) is 41.1 Å². The number of aromatic nitrogens is 4. The number of carbonyl (C=O) groups excluding carboxylic acids is 1. The zero-order valence-corrected chi connectivity index (χ0v) is 17.0. The molecular weight excluding hydrogens is 378 g/mol. The fourth-order valence-corrected chi connectivity index (χ4v) is 3.04. The Morgan fingerprint density at radius 1 is 1.21 bits per heavy atom. The summed E-state index contributed by atoms with van der Waals surface area (Å²) in [5, 5.41) is 8.13. The molecule has 146 valence electrons. The van der Waals surface area contributed by atoms with E-state index in [2.05, 4.69) is 20.4 Å². The van der Waals surface area contributed by atoms with E-state index in [9.17, 15) is 4.79 Å². The fourth-order valence-electron chi connectivity index (χ4n) is 2.91. The molecule has 0 saturated heterocycles. The van der Waals surface area contributed by atoms with Crippen molar-refractivity contribution >= 4 is 29.2 Å². The maximum atomic E-state index is 12.2. The van der Waals surface area contributed by atoms with Crippen molar-refractivity contribution < 1.29 is 9.53 Å². The van der Waals surface area contributed by atoms with Crippen LogP contribution in [0.3, 0.4) is 0 Å². The molecule has 0 radical (unpaired) electrons. The first-order valence-corrected chi connectivity index (χ1v) is 9.31. The summed E-state index contributed by atoms with van der Waals surface area (Å²) < 4.78 is 6.72. The van der Waals surface area contributed by atoms with Crippen LogP contribution in [0, 0.1) is 13.8 Å². The van der Waals surface area contributed by atoms with E-state index in [0.717, 1.165) is 16.8 Å². The van der Waals surface area contributed by atoms with Crippen molar-refractivity contribution in [3.8, 4) is 0 Å². The van der Waals surface area contributed by atoms with E-state index in [4.69, 9.17) is 16.3 Å². The molecule has 0 spiro atoms. The van der Waals surface area contributed by atoms with Gasteiger partial charge in [-0.05, 0) is 38.5 Å². The smallest absolute Gasteiger partial charge is 0.343 e.